The molecule has 1 amide bonds. The van der Waals surface area contributed by atoms with Crippen molar-refractivity contribution in [1.29, 1.82) is 0 Å². The normalized spacial score (nSPS) is 18.1. The predicted molar refractivity (Wildman–Crippen MR) is 126 cm³/mol. The number of benzene rings is 2. The molecular formula is C25H29FN6O3. The Morgan fingerprint density at radius 3 is 2.63 bits per heavy atom. The zero-order chi connectivity index (χ0) is 24.6. The van der Waals surface area contributed by atoms with E-state index in [9.17, 15) is 9.18 Å². The molecule has 0 bridgehead atoms. The standard InChI is InChI=1S/C25H29FN6O3/c1-17(34-21-6-4-5-18-15-25(2,3)35-23(18)21)24(33)31-13-11-30(12-14-31)16-22-27-28-29-32(22)20-9-7-19(26)8-10-20/h4-10,17H,11-16H2,1-3H3. The maximum atomic E-state index is 13.3. The monoisotopic (exact) mass is 480 g/mol. The highest BCUT2D eigenvalue weighted by atomic mass is 19.1. The second kappa shape index (κ2) is 9.26. The van der Waals surface area contributed by atoms with E-state index in [-0.39, 0.29) is 17.3 Å². The number of halogens is 1. The third kappa shape index (κ3) is 4.97. The first-order valence-electron chi connectivity index (χ1n) is 11.8. The van der Waals surface area contributed by atoms with E-state index in [2.05, 4.69) is 20.4 Å². The van der Waals surface area contributed by atoms with Crippen LogP contribution in [-0.2, 0) is 17.8 Å². The van der Waals surface area contributed by atoms with Crippen LogP contribution in [0.2, 0.25) is 0 Å². The summed E-state index contributed by atoms with van der Waals surface area (Å²) in [4.78, 5) is 17.1. The predicted octanol–water partition coefficient (Wildman–Crippen LogP) is 2.63. The molecule has 3 heterocycles. The van der Waals surface area contributed by atoms with Crippen molar-refractivity contribution in [2.45, 2.75) is 45.4 Å². The smallest absolute Gasteiger partial charge is 0.263 e. The number of carbonyl (C=O) groups is 1. The van der Waals surface area contributed by atoms with Crippen LogP contribution < -0.4 is 9.47 Å². The van der Waals surface area contributed by atoms with Gasteiger partial charge in [0.2, 0.25) is 0 Å². The van der Waals surface area contributed by atoms with Gasteiger partial charge < -0.3 is 14.4 Å². The Bertz CT molecular complexity index is 1200. The van der Waals surface area contributed by atoms with Gasteiger partial charge in [-0.2, -0.15) is 4.68 Å². The number of hydrogen-bond acceptors (Lipinski definition) is 7. The van der Waals surface area contributed by atoms with Gasteiger partial charge in [-0.25, -0.2) is 4.39 Å². The first-order valence-corrected chi connectivity index (χ1v) is 11.8. The number of para-hydroxylation sites is 1. The minimum absolute atomic E-state index is 0.0457. The van der Waals surface area contributed by atoms with Gasteiger partial charge in [-0.05, 0) is 61.5 Å². The van der Waals surface area contributed by atoms with E-state index in [1.54, 1.807) is 23.7 Å². The van der Waals surface area contributed by atoms with Crippen LogP contribution in [0.15, 0.2) is 42.5 Å². The van der Waals surface area contributed by atoms with Gasteiger partial charge in [0.1, 0.15) is 11.4 Å². The highest BCUT2D eigenvalue weighted by molar-refractivity contribution is 5.81. The van der Waals surface area contributed by atoms with Crippen molar-refractivity contribution < 1.29 is 18.7 Å². The van der Waals surface area contributed by atoms with Crippen LogP contribution in [0.4, 0.5) is 4.39 Å². The number of rotatable bonds is 6. The minimum atomic E-state index is -0.619. The van der Waals surface area contributed by atoms with Crippen LogP contribution in [-0.4, -0.2) is 73.8 Å². The molecule has 1 fully saturated rings. The van der Waals surface area contributed by atoms with Gasteiger partial charge in [-0.15, -0.1) is 5.10 Å². The van der Waals surface area contributed by atoms with Crippen LogP contribution in [0.1, 0.15) is 32.2 Å². The van der Waals surface area contributed by atoms with Crippen LogP contribution >= 0.6 is 0 Å². The highest BCUT2D eigenvalue weighted by Gasteiger charge is 2.34. The largest absolute Gasteiger partial charge is 0.483 e. The van der Waals surface area contributed by atoms with Crippen molar-refractivity contribution in [3.05, 3.63) is 59.7 Å². The molecule has 0 N–H and O–H groups in total. The van der Waals surface area contributed by atoms with Gasteiger partial charge in [-0.3, -0.25) is 9.69 Å². The summed E-state index contributed by atoms with van der Waals surface area (Å²) in [7, 11) is 0. The van der Waals surface area contributed by atoms with Crippen molar-refractivity contribution in [3.8, 4) is 17.2 Å². The van der Waals surface area contributed by atoms with Gasteiger partial charge in [-0.1, -0.05) is 12.1 Å². The minimum Gasteiger partial charge on any atom is -0.483 e. The lowest BCUT2D eigenvalue weighted by Gasteiger charge is -2.35. The average Bonchev–Trinajstić information content (AvgIpc) is 3.42. The first-order chi connectivity index (χ1) is 16.8. The fourth-order valence-electron chi connectivity index (χ4n) is 4.59. The third-order valence-electron chi connectivity index (χ3n) is 6.36. The van der Waals surface area contributed by atoms with Crippen molar-refractivity contribution >= 4 is 5.91 Å². The number of tetrazole rings is 1. The number of amides is 1. The van der Waals surface area contributed by atoms with Crippen molar-refractivity contribution in [2.75, 3.05) is 26.2 Å². The molecule has 10 heteroatoms. The summed E-state index contributed by atoms with van der Waals surface area (Å²) in [6.07, 6.45) is 0.194. The molecule has 3 aromatic rings. The molecule has 0 radical (unpaired) electrons. The van der Waals surface area contributed by atoms with Gasteiger partial charge in [0.05, 0.1) is 12.2 Å². The van der Waals surface area contributed by atoms with Crippen molar-refractivity contribution in [2.24, 2.45) is 0 Å². The Hall–Kier alpha value is -3.53. The third-order valence-corrected chi connectivity index (χ3v) is 6.36. The molecule has 5 rings (SSSR count). The Morgan fingerprint density at radius 1 is 1.14 bits per heavy atom. The van der Waals surface area contributed by atoms with E-state index < -0.39 is 6.10 Å². The Labute approximate surface area is 203 Å². The lowest BCUT2D eigenvalue weighted by molar-refractivity contribution is -0.139. The van der Waals surface area contributed by atoms with Gasteiger partial charge in [0.15, 0.2) is 23.4 Å². The van der Waals surface area contributed by atoms with E-state index in [1.807, 2.05) is 36.9 Å². The molecule has 0 spiro atoms. The fraction of sp³-hybridized carbons (Fsp3) is 0.440. The molecule has 1 unspecified atom stereocenters. The maximum Gasteiger partial charge on any atom is 0.263 e. The number of aromatic nitrogens is 4. The topological polar surface area (TPSA) is 85.6 Å². The maximum absolute atomic E-state index is 13.3. The van der Waals surface area contributed by atoms with Crippen molar-refractivity contribution in [3.63, 3.8) is 0 Å². The quantitative estimate of drug-likeness (QED) is 0.536. The second-order valence-corrected chi connectivity index (χ2v) is 9.63. The zero-order valence-electron chi connectivity index (χ0n) is 20.1. The lowest BCUT2D eigenvalue weighted by Crippen LogP contribution is -2.51. The molecule has 0 aliphatic carbocycles. The van der Waals surface area contributed by atoms with Crippen LogP contribution in [0.25, 0.3) is 5.69 Å². The number of ether oxygens (including phenoxy) is 2. The second-order valence-electron chi connectivity index (χ2n) is 9.63. The number of hydrogen-bond donors (Lipinski definition) is 0. The fourth-order valence-corrected chi connectivity index (χ4v) is 4.59. The van der Waals surface area contributed by atoms with Gasteiger partial charge in [0.25, 0.3) is 5.91 Å². The number of piperazine rings is 1. The molecule has 0 saturated carbocycles. The first kappa shape index (κ1) is 23.2. The number of fused-ring (bicyclic) bond motifs is 1. The SMILES string of the molecule is CC(Oc1cccc2c1OC(C)(C)C2)C(=O)N1CCN(Cc2nnnn2-c2ccc(F)cc2)CC1. The molecule has 2 aliphatic rings. The van der Waals surface area contributed by atoms with Crippen molar-refractivity contribution in [1.82, 2.24) is 30.0 Å². The number of nitrogens with zero attached hydrogens (tertiary/aromatic N) is 6. The van der Waals surface area contributed by atoms with E-state index >= 15 is 0 Å². The van der Waals surface area contributed by atoms with Gasteiger partial charge >= 0.3 is 0 Å². The summed E-state index contributed by atoms with van der Waals surface area (Å²) >= 11 is 0. The highest BCUT2D eigenvalue weighted by Crippen LogP contribution is 2.42. The van der Waals surface area contributed by atoms with E-state index in [0.717, 1.165) is 17.7 Å². The van der Waals surface area contributed by atoms with E-state index in [4.69, 9.17) is 9.47 Å². The molecule has 184 valence electrons. The molecule has 2 aromatic carbocycles. The molecule has 1 aromatic heterocycles. The van der Waals surface area contributed by atoms with Crippen LogP contribution in [0.5, 0.6) is 11.5 Å². The average molecular weight is 481 g/mol. The molecule has 35 heavy (non-hydrogen) atoms. The van der Waals surface area contributed by atoms with E-state index in [0.29, 0.717) is 50.0 Å². The molecule has 1 atom stereocenters. The number of carbonyl (C=O) groups excluding carboxylic acids is 1. The Kier molecular flexibility index (Phi) is 6.14. The summed E-state index contributed by atoms with van der Waals surface area (Å²) < 4.78 is 27.0. The molecule has 9 nitrogen and oxygen atoms in total. The molecule has 1 saturated heterocycles. The van der Waals surface area contributed by atoms with Crippen LogP contribution in [0, 0.1) is 5.82 Å². The summed E-state index contributed by atoms with van der Waals surface area (Å²) in [5, 5.41) is 11.9. The summed E-state index contributed by atoms with van der Waals surface area (Å²) in [5.74, 6) is 1.65. The van der Waals surface area contributed by atoms with E-state index in [1.165, 1.54) is 12.1 Å². The molecular weight excluding hydrogens is 451 g/mol. The Balaban J connectivity index is 1.17. The lowest BCUT2D eigenvalue weighted by atomic mass is 10.0. The summed E-state index contributed by atoms with van der Waals surface area (Å²) in [6.45, 7) is 8.95. The van der Waals surface area contributed by atoms with Crippen LogP contribution in [0.3, 0.4) is 0 Å². The summed E-state index contributed by atoms with van der Waals surface area (Å²) in [5.41, 5.74) is 1.52. The zero-order valence-corrected chi connectivity index (χ0v) is 20.1. The summed E-state index contributed by atoms with van der Waals surface area (Å²) in [6, 6.07) is 11.9. The van der Waals surface area contributed by atoms with Gasteiger partial charge in [0, 0.05) is 38.2 Å². The molecule has 2 aliphatic heterocycles. The Morgan fingerprint density at radius 2 is 1.89 bits per heavy atom.